The highest BCUT2D eigenvalue weighted by Crippen LogP contribution is 2.29. The lowest BCUT2D eigenvalue weighted by Crippen LogP contribution is -2.25. The Morgan fingerprint density at radius 1 is 1.24 bits per heavy atom. The molecule has 8 nitrogen and oxygen atoms in total. The zero-order chi connectivity index (χ0) is 20.0. The second kappa shape index (κ2) is 6.66. The minimum absolute atomic E-state index is 0.345. The molecule has 0 radical (unpaired) electrons. The van der Waals surface area contributed by atoms with Gasteiger partial charge in [-0.05, 0) is 37.3 Å². The molecular formula is C21H18N6O2. The summed E-state index contributed by atoms with van der Waals surface area (Å²) in [5.41, 5.74) is 2.64. The molecule has 1 N–H and O–H groups in total. The Labute approximate surface area is 165 Å². The number of hydrogen-bond acceptors (Lipinski definition) is 6. The van der Waals surface area contributed by atoms with Gasteiger partial charge >= 0.3 is 0 Å². The van der Waals surface area contributed by atoms with Gasteiger partial charge in [0.1, 0.15) is 17.1 Å². The van der Waals surface area contributed by atoms with Crippen LogP contribution >= 0.6 is 0 Å². The van der Waals surface area contributed by atoms with E-state index in [4.69, 9.17) is 4.74 Å². The summed E-state index contributed by atoms with van der Waals surface area (Å²) >= 11 is 0. The molecule has 4 heterocycles. The number of carbonyl (C=O) groups is 1. The molecule has 1 aromatic carbocycles. The molecule has 0 atom stereocenters. The van der Waals surface area contributed by atoms with Crippen molar-refractivity contribution in [2.45, 2.75) is 13.5 Å². The van der Waals surface area contributed by atoms with Crippen molar-refractivity contribution in [2.75, 3.05) is 19.0 Å². The highest BCUT2D eigenvalue weighted by molar-refractivity contribution is 5.99. The van der Waals surface area contributed by atoms with Gasteiger partial charge in [-0.25, -0.2) is 15.0 Å². The Kier molecular flexibility index (Phi) is 3.97. The van der Waals surface area contributed by atoms with Gasteiger partial charge in [0.15, 0.2) is 5.65 Å². The fourth-order valence-corrected chi connectivity index (χ4v) is 3.64. The van der Waals surface area contributed by atoms with Crippen LogP contribution in [0.25, 0.3) is 21.9 Å². The smallest absolute Gasteiger partial charge is 0.282 e. The fraction of sp³-hybridized carbons (Fsp3) is 0.190. The number of aryl methyl sites for hydroxylation is 1. The maximum Gasteiger partial charge on any atom is 0.282 e. The third-order valence-electron chi connectivity index (χ3n) is 5.04. The predicted octanol–water partition coefficient (Wildman–Crippen LogP) is 2.46. The lowest BCUT2D eigenvalue weighted by atomic mass is 10.1. The monoisotopic (exact) mass is 386 g/mol. The van der Waals surface area contributed by atoms with Crippen LogP contribution < -0.4 is 15.7 Å². The van der Waals surface area contributed by atoms with E-state index in [-0.39, 0.29) is 5.91 Å². The van der Waals surface area contributed by atoms with E-state index in [9.17, 15) is 4.79 Å². The molecule has 0 fully saturated rings. The predicted molar refractivity (Wildman–Crippen MR) is 109 cm³/mol. The standard InChI is InChI=1S/C21H18N6O2/c1-12-15(11-13-5-4-8-22-18(13)24-12)20(28)26-21-25-17-14(6-3-7-16(17)29-2)19-23-9-10-27(19)21/h3-8,11,23H,9-10H2,1-2H3. The van der Waals surface area contributed by atoms with E-state index in [2.05, 4.69) is 25.3 Å². The number of aromatic nitrogens is 4. The van der Waals surface area contributed by atoms with E-state index >= 15 is 0 Å². The molecule has 3 aromatic heterocycles. The second-order valence-electron chi connectivity index (χ2n) is 6.78. The molecule has 29 heavy (non-hydrogen) atoms. The first kappa shape index (κ1) is 17.3. The van der Waals surface area contributed by atoms with E-state index < -0.39 is 0 Å². The number of pyridine rings is 2. The third-order valence-corrected chi connectivity index (χ3v) is 5.04. The van der Waals surface area contributed by atoms with Crippen LogP contribution in [0.15, 0.2) is 47.6 Å². The maximum absolute atomic E-state index is 13.0. The summed E-state index contributed by atoms with van der Waals surface area (Å²) in [6.07, 6.45) is 1.68. The summed E-state index contributed by atoms with van der Waals surface area (Å²) < 4.78 is 7.38. The highest BCUT2D eigenvalue weighted by atomic mass is 16.5. The van der Waals surface area contributed by atoms with Gasteiger partial charge in [-0.2, -0.15) is 4.99 Å². The molecule has 0 spiro atoms. The van der Waals surface area contributed by atoms with Crippen LogP contribution in [0.2, 0.25) is 0 Å². The number of hydrogen-bond donors (Lipinski definition) is 1. The number of nitrogens with zero attached hydrogens (tertiary/aromatic N) is 5. The summed E-state index contributed by atoms with van der Waals surface area (Å²) in [6.45, 7) is 3.21. The van der Waals surface area contributed by atoms with E-state index in [1.165, 1.54) is 0 Å². The Hall–Kier alpha value is -3.81. The summed E-state index contributed by atoms with van der Waals surface area (Å²) in [6, 6.07) is 11.2. The summed E-state index contributed by atoms with van der Waals surface area (Å²) in [7, 11) is 1.60. The Balaban J connectivity index is 1.72. The lowest BCUT2D eigenvalue weighted by molar-refractivity contribution is 0.0995. The molecule has 1 aliphatic rings. The van der Waals surface area contributed by atoms with E-state index in [0.717, 1.165) is 23.1 Å². The van der Waals surface area contributed by atoms with Crippen molar-refractivity contribution in [3.05, 3.63) is 59.5 Å². The van der Waals surface area contributed by atoms with Crippen LogP contribution in [-0.4, -0.2) is 39.1 Å². The zero-order valence-corrected chi connectivity index (χ0v) is 16.0. The number of ether oxygens (including phenoxy) is 1. The van der Waals surface area contributed by atoms with Crippen molar-refractivity contribution in [3.63, 3.8) is 0 Å². The minimum atomic E-state index is -0.385. The summed E-state index contributed by atoms with van der Waals surface area (Å²) in [5.74, 6) is 1.14. The number of anilines is 1. The average molecular weight is 386 g/mol. The van der Waals surface area contributed by atoms with Gasteiger partial charge in [-0.1, -0.05) is 6.07 Å². The third kappa shape index (κ3) is 2.80. The van der Waals surface area contributed by atoms with Crippen molar-refractivity contribution >= 4 is 33.7 Å². The number of rotatable bonds is 2. The van der Waals surface area contributed by atoms with Gasteiger partial charge in [-0.3, -0.25) is 9.36 Å². The maximum atomic E-state index is 13.0. The average Bonchev–Trinajstić information content (AvgIpc) is 3.23. The molecule has 144 valence electrons. The van der Waals surface area contributed by atoms with Gasteiger partial charge in [0.25, 0.3) is 5.91 Å². The molecule has 0 aliphatic carbocycles. The largest absolute Gasteiger partial charge is 0.494 e. The number of methoxy groups -OCH3 is 1. The van der Waals surface area contributed by atoms with Crippen molar-refractivity contribution in [3.8, 4) is 5.75 Å². The van der Waals surface area contributed by atoms with Crippen molar-refractivity contribution in [2.24, 2.45) is 4.99 Å². The van der Waals surface area contributed by atoms with Crippen molar-refractivity contribution < 1.29 is 9.53 Å². The quantitative estimate of drug-likeness (QED) is 0.569. The SMILES string of the molecule is COc1cccc2c3n(c(=NC(=O)c4cc5cccnc5nc4C)nc12)CCN3. The van der Waals surface area contributed by atoms with E-state index in [1.807, 2.05) is 34.9 Å². The summed E-state index contributed by atoms with van der Waals surface area (Å²) in [5, 5.41) is 5.09. The van der Waals surface area contributed by atoms with Crippen LogP contribution in [0, 0.1) is 6.92 Å². The summed E-state index contributed by atoms with van der Waals surface area (Å²) in [4.78, 5) is 30.7. The number of fused-ring (bicyclic) bond motifs is 4. The van der Waals surface area contributed by atoms with Crippen molar-refractivity contribution in [1.82, 2.24) is 19.5 Å². The van der Waals surface area contributed by atoms with Crippen LogP contribution in [0.4, 0.5) is 5.82 Å². The number of para-hydroxylation sites is 1. The first-order valence-electron chi connectivity index (χ1n) is 9.28. The second-order valence-corrected chi connectivity index (χ2v) is 6.78. The molecular weight excluding hydrogens is 368 g/mol. The zero-order valence-electron chi connectivity index (χ0n) is 16.0. The van der Waals surface area contributed by atoms with Gasteiger partial charge < -0.3 is 10.1 Å². The van der Waals surface area contributed by atoms with Gasteiger partial charge in [-0.15, -0.1) is 0 Å². The first-order valence-corrected chi connectivity index (χ1v) is 9.28. The van der Waals surface area contributed by atoms with Gasteiger partial charge in [0.05, 0.1) is 18.4 Å². The van der Waals surface area contributed by atoms with Crippen LogP contribution in [0.5, 0.6) is 5.75 Å². The van der Waals surface area contributed by atoms with Crippen LogP contribution in [0.1, 0.15) is 16.1 Å². The molecule has 1 aliphatic heterocycles. The molecule has 1 amide bonds. The van der Waals surface area contributed by atoms with Crippen molar-refractivity contribution in [1.29, 1.82) is 0 Å². The number of carbonyl (C=O) groups excluding carboxylic acids is 1. The fourth-order valence-electron chi connectivity index (χ4n) is 3.64. The molecule has 0 saturated heterocycles. The lowest BCUT2D eigenvalue weighted by Gasteiger charge is -2.10. The van der Waals surface area contributed by atoms with E-state index in [1.54, 1.807) is 26.3 Å². The topological polar surface area (TPSA) is 94.3 Å². The normalized spacial score (nSPS) is 13.5. The Morgan fingerprint density at radius 2 is 2.14 bits per heavy atom. The molecule has 5 rings (SSSR count). The number of benzene rings is 1. The first-order chi connectivity index (χ1) is 14.2. The highest BCUT2D eigenvalue weighted by Gasteiger charge is 2.19. The minimum Gasteiger partial charge on any atom is -0.494 e. The van der Waals surface area contributed by atoms with E-state index in [0.29, 0.717) is 40.3 Å². The van der Waals surface area contributed by atoms with Gasteiger partial charge in [0, 0.05) is 30.1 Å². The molecule has 0 saturated carbocycles. The molecule has 0 unspecified atom stereocenters. The van der Waals surface area contributed by atoms with Crippen LogP contribution in [-0.2, 0) is 6.54 Å². The Morgan fingerprint density at radius 3 is 3.00 bits per heavy atom. The Bertz CT molecular complexity index is 1360. The molecule has 4 aromatic rings. The molecule has 8 heteroatoms. The van der Waals surface area contributed by atoms with Gasteiger partial charge in [0.2, 0.25) is 5.62 Å². The number of amides is 1. The molecule has 0 bridgehead atoms. The van der Waals surface area contributed by atoms with Crippen LogP contribution in [0.3, 0.4) is 0 Å². The number of nitrogens with one attached hydrogen (secondary N) is 1.